The Kier molecular flexibility index (Phi) is 3.59. The molecule has 0 aliphatic carbocycles. The monoisotopic (exact) mass is 276 g/mol. The van der Waals surface area contributed by atoms with Gasteiger partial charge >= 0.3 is 0 Å². The largest absolute Gasteiger partial charge is 0.300 e. The van der Waals surface area contributed by atoms with Crippen LogP contribution < -0.4 is 0 Å². The molecule has 2 saturated heterocycles. The number of Topliss-reactive ketones (excluding diaryl/α,β-unsaturated/α-hetero) is 1. The summed E-state index contributed by atoms with van der Waals surface area (Å²) in [6, 6.07) is 3.93. The highest BCUT2D eigenvalue weighted by molar-refractivity contribution is 5.96. The molecular weight excluding hydrogens is 255 g/mol. The minimum Gasteiger partial charge on any atom is -0.300 e. The molecule has 0 saturated carbocycles. The molecule has 20 heavy (non-hydrogen) atoms. The molecule has 1 aromatic rings. The number of hydrogen-bond acceptors (Lipinski definition) is 3. The summed E-state index contributed by atoms with van der Waals surface area (Å²) in [7, 11) is 2.18. The first-order valence-corrected chi connectivity index (χ1v) is 7.45. The second-order valence-corrected chi connectivity index (χ2v) is 6.20. The van der Waals surface area contributed by atoms with Crippen LogP contribution in [0.3, 0.4) is 0 Å². The second kappa shape index (κ2) is 5.24. The van der Waals surface area contributed by atoms with E-state index in [1.165, 1.54) is 31.4 Å². The van der Waals surface area contributed by atoms with E-state index >= 15 is 0 Å². The van der Waals surface area contributed by atoms with Gasteiger partial charge in [0.15, 0.2) is 5.78 Å². The molecule has 2 atom stereocenters. The highest BCUT2D eigenvalue weighted by Crippen LogP contribution is 2.36. The number of rotatable bonds is 2. The maximum atomic E-state index is 13.3. The van der Waals surface area contributed by atoms with E-state index in [1.807, 2.05) is 0 Å². The predicted molar refractivity (Wildman–Crippen MR) is 75.2 cm³/mol. The molecular formula is C16H21FN2O. The number of piperidine rings is 2. The van der Waals surface area contributed by atoms with E-state index in [4.69, 9.17) is 0 Å². The molecule has 3 heterocycles. The lowest BCUT2D eigenvalue weighted by Gasteiger charge is -2.46. The van der Waals surface area contributed by atoms with Crippen LogP contribution in [0.5, 0.6) is 0 Å². The van der Waals surface area contributed by atoms with Gasteiger partial charge in [-0.15, -0.1) is 0 Å². The Morgan fingerprint density at radius 3 is 2.55 bits per heavy atom. The van der Waals surface area contributed by atoms with Gasteiger partial charge < -0.3 is 4.90 Å². The van der Waals surface area contributed by atoms with Gasteiger partial charge in [0.05, 0.1) is 5.69 Å². The third-order valence-corrected chi connectivity index (χ3v) is 4.98. The molecule has 0 amide bonds. The summed E-state index contributed by atoms with van der Waals surface area (Å²) in [5.74, 6) is -0.196. The number of halogens is 1. The van der Waals surface area contributed by atoms with Crippen LogP contribution in [0.1, 0.15) is 48.3 Å². The SMILES string of the molecule is Cc1nc(C(=O)C2CC3CCCC(C2)N3C)ccc1F. The van der Waals surface area contributed by atoms with Gasteiger partial charge in [-0.05, 0) is 51.8 Å². The van der Waals surface area contributed by atoms with E-state index in [0.29, 0.717) is 23.5 Å². The molecule has 2 fully saturated rings. The van der Waals surface area contributed by atoms with Gasteiger partial charge in [0, 0.05) is 18.0 Å². The van der Waals surface area contributed by atoms with E-state index in [-0.39, 0.29) is 17.5 Å². The Morgan fingerprint density at radius 2 is 1.95 bits per heavy atom. The lowest BCUT2D eigenvalue weighted by atomic mass is 9.76. The summed E-state index contributed by atoms with van der Waals surface area (Å²) in [5, 5.41) is 0. The highest BCUT2D eigenvalue weighted by Gasteiger charge is 2.39. The molecule has 2 bridgehead atoms. The molecule has 1 aromatic heterocycles. The van der Waals surface area contributed by atoms with Gasteiger partial charge in [0.2, 0.25) is 0 Å². The molecule has 3 nitrogen and oxygen atoms in total. The van der Waals surface area contributed by atoms with Crippen LogP contribution in [0.4, 0.5) is 4.39 Å². The number of ketones is 1. The lowest BCUT2D eigenvalue weighted by Crippen LogP contribution is -2.51. The number of fused-ring (bicyclic) bond motifs is 2. The van der Waals surface area contributed by atoms with Crippen molar-refractivity contribution in [1.82, 2.24) is 9.88 Å². The Morgan fingerprint density at radius 1 is 1.30 bits per heavy atom. The van der Waals surface area contributed by atoms with Crippen LogP contribution in [-0.2, 0) is 0 Å². The molecule has 4 heteroatoms. The molecule has 0 aromatic carbocycles. The third-order valence-electron chi connectivity index (χ3n) is 4.98. The molecule has 108 valence electrons. The van der Waals surface area contributed by atoms with E-state index in [1.54, 1.807) is 6.92 Å². The van der Waals surface area contributed by atoms with Crippen LogP contribution in [0.2, 0.25) is 0 Å². The van der Waals surface area contributed by atoms with Crippen molar-refractivity contribution in [3.8, 4) is 0 Å². The topological polar surface area (TPSA) is 33.2 Å². The number of aromatic nitrogens is 1. The molecule has 0 radical (unpaired) electrons. The highest BCUT2D eigenvalue weighted by atomic mass is 19.1. The minimum absolute atomic E-state index is 0.0545. The van der Waals surface area contributed by atoms with Gasteiger partial charge in [-0.3, -0.25) is 4.79 Å². The number of carbonyl (C=O) groups excluding carboxylic acids is 1. The molecule has 0 spiro atoms. The van der Waals surface area contributed by atoms with Gasteiger partial charge in [0.25, 0.3) is 0 Å². The standard InChI is InChI=1S/C16H21FN2O/c1-10-14(17)6-7-15(18-10)16(20)11-8-12-4-3-5-13(9-11)19(12)2/h6-7,11-13H,3-5,8-9H2,1-2H3. The first kappa shape index (κ1) is 13.7. The van der Waals surface area contributed by atoms with Crippen LogP contribution in [0, 0.1) is 18.7 Å². The summed E-state index contributed by atoms with van der Waals surface area (Å²) >= 11 is 0. The fourth-order valence-corrected chi connectivity index (χ4v) is 3.72. The summed E-state index contributed by atoms with van der Waals surface area (Å²) in [4.78, 5) is 19.2. The predicted octanol–water partition coefficient (Wildman–Crippen LogP) is 2.97. The Labute approximate surface area is 119 Å². The zero-order chi connectivity index (χ0) is 14.3. The molecule has 2 aliphatic rings. The number of carbonyl (C=O) groups is 1. The van der Waals surface area contributed by atoms with Crippen molar-refractivity contribution in [2.24, 2.45) is 5.92 Å². The normalized spacial score (nSPS) is 30.2. The van der Waals surface area contributed by atoms with E-state index in [2.05, 4.69) is 16.9 Å². The number of aryl methyl sites for hydroxylation is 1. The van der Waals surface area contributed by atoms with Crippen molar-refractivity contribution >= 4 is 5.78 Å². The van der Waals surface area contributed by atoms with Gasteiger partial charge in [-0.2, -0.15) is 0 Å². The van der Waals surface area contributed by atoms with Crippen LogP contribution in [-0.4, -0.2) is 34.8 Å². The van der Waals surface area contributed by atoms with Gasteiger partial charge in [0.1, 0.15) is 11.5 Å². The van der Waals surface area contributed by atoms with Gasteiger partial charge in [-0.25, -0.2) is 9.37 Å². The smallest absolute Gasteiger partial charge is 0.184 e. The summed E-state index contributed by atoms with van der Waals surface area (Å²) in [5.41, 5.74) is 0.737. The fourth-order valence-electron chi connectivity index (χ4n) is 3.72. The van der Waals surface area contributed by atoms with Crippen LogP contribution in [0.25, 0.3) is 0 Å². The number of hydrogen-bond donors (Lipinski definition) is 0. The maximum absolute atomic E-state index is 13.3. The van der Waals surface area contributed by atoms with Crippen molar-refractivity contribution in [2.75, 3.05) is 7.05 Å². The number of pyridine rings is 1. The summed E-state index contributed by atoms with van der Waals surface area (Å²) in [6.07, 6.45) is 5.49. The zero-order valence-electron chi connectivity index (χ0n) is 12.1. The first-order valence-electron chi connectivity index (χ1n) is 7.45. The Bertz CT molecular complexity index is 517. The quantitative estimate of drug-likeness (QED) is 0.779. The molecule has 0 N–H and O–H groups in total. The number of nitrogens with zero attached hydrogens (tertiary/aromatic N) is 2. The average Bonchev–Trinajstić information content (AvgIpc) is 2.41. The molecule has 3 rings (SSSR count). The first-order chi connectivity index (χ1) is 9.56. The average molecular weight is 276 g/mol. The van der Waals surface area contributed by atoms with E-state index < -0.39 is 0 Å². The summed E-state index contributed by atoms with van der Waals surface area (Å²) in [6.45, 7) is 1.61. The fraction of sp³-hybridized carbons (Fsp3) is 0.625. The lowest BCUT2D eigenvalue weighted by molar-refractivity contribution is 0.0336. The zero-order valence-corrected chi connectivity index (χ0v) is 12.1. The van der Waals surface area contributed by atoms with E-state index in [0.717, 1.165) is 12.8 Å². The van der Waals surface area contributed by atoms with Crippen molar-refractivity contribution in [2.45, 2.75) is 51.1 Å². The van der Waals surface area contributed by atoms with Crippen molar-refractivity contribution in [3.05, 3.63) is 29.3 Å². The van der Waals surface area contributed by atoms with Crippen molar-refractivity contribution in [1.29, 1.82) is 0 Å². The summed E-state index contributed by atoms with van der Waals surface area (Å²) < 4.78 is 13.3. The van der Waals surface area contributed by atoms with Crippen molar-refractivity contribution < 1.29 is 9.18 Å². The van der Waals surface area contributed by atoms with E-state index in [9.17, 15) is 9.18 Å². The molecule has 2 aliphatic heterocycles. The Balaban J connectivity index is 1.79. The molecule has 2 unspecified atom stereocenters. The Hall–Kier alpha value is -1.29. The third kappa shape index (κ3) is 2.37. The van der Waals surface area contributed by atoms with Crippen LogP contribution in [0.15, 0.2) is 12.1 Å². The van der Waals surface area contributed by atoms with Crippen molar-refractivity contribution in [3.63, 3.8) is 0 Å². The minimum atomic E-state index is -0.346. The van der Waals surface area contributed by atoms with Gasteiger partial charge in [-0.1, -0.05) is 6.42 Å². The maximum Gasteiger partial charge on any atom is 0.184 e. The second-order valence-electron chi connectivity index (χ2n) is 6.20. The van der Waals surface area contributed by atoms with Crippen LogP contribution >= 0.6 is 0 Å².